The molecule has 4 nitrogen and oxygen atoms in total. The van der Waals surface area contributed by atoms with Gasteiger partial charge in [-0.25, -0.2) is 4.39 Å². The van der Waals surface area contributed by atoms with Crippen LogP contribution in [0, 0.1) is 5.82 Å². The SMILES string of the molecule is O=C(C=Cc1cc(F)cc2c1OCOC2)NCCc1ccccc1. The summed E-state index contributed by atoms with van der Waals surface area (Å²) in [6.45, 7) is 0.971. The molecule has 5 heteroatoms. The van der Waals surface area contributed by atoms with Crippen LogP contribution >= 0.6 is 0 Å². The van der Waals surface area contributed by atoms with Crippen LogP contribution in [0.4, 0.5) is 4.39 Å². The molecule has 0 spiro atoms. The number of nitrogens with one attached hydrogen (secondary N) is 1. The Bertz CT molecular complexity index is 744. The van der Waals surface area contributed by atoms with Gasteiger partial charge in [0.05, 0.1) is 6.61 Å². The van der Waals surface area contributed by atoms with Crippen LogP contribution in [-0.4, -0.2) is 19.2 Å². The first-order valence-electron chi connectivity index (χ1n) is 7.75. The van der Waals surface area contributed by atoms with Crippen molar-refractivity contribution in [3.63, 3.8) is 0 Å². The molecule has 1 amide bonds. The second-order valence-electron chi connectivity index (χ2n) is 5.45. The van der Waals surface area contributed by atoms with Gasteiger partial charge in [-0.1, -0.05) is 30.3 Å². The monoisotopic (exact) mass is 327 g/mol. The zero-order valence-electron chi connectivity index (χ0n) is 13.1. The van der Waals surface area contributed by atoms with Crippen molar-refractivity contribution in [1.29, 1.82) is 0 Å². The van der Waals surface area contributed by atoms with Crippen LogP contribution < -0.4 is 10.1 Å². The Morgan fingerprint density at radius 1 is 1.25 bits per heavy atom. The number of hydrogen-bond donors (Lipinski definition) is 1. The highest BCUT2D eigenvalue weighted by Crippen LogP contribution is 2.30. The van der Waals surface area contributed by atoms with Crippen LogP contribution in [0.2, 0.25) is 0 Å². The topological polar surface area (TPSA) is 47.6 Å². The number of fused-ring (bicyclic) bond motifs is 1. The van der Waals surface area contributed by atoms with Gasteiger partial charge in [-0.05, 0) is 30.2 Å². The number of carbonyl (C=O) groups excluding carboxylic acids is 1. The van der Waals surface area contributed by atoms with Gasteiger partial charge in [0, 0.05) is 23.7 Å². The van der Waals surface area contributed by atoms with Crippen molar-refractivity contribution in [2.45, 2.75) is 13.0 Å². The predicted octanol–water partition coefficient (Wildman–Crippen LogP) is 3.06. The standard InChI is InChI=1S/C19H18FNO3/c20-17-10-15(19-16(11-17)12-23-13-24-19)6-7-18(22)21-9-8-14-4-2-1-3-5-14/h1-7,10-11H,8-9,12-13H2,(H,21,22). The lowest BCUT2D eigenvalue weighted by molar-refractivity contribution is -0.116. The molecule has 3 rings (SSSR count). The first-order chi connectivity index (χ1) is 11.7. The van der Waals surface area contributed by atoms with Crippen molar-refractivity contribution in [3.8, 4) is 5.75 Å². The van der Waals surface area contributed by atoms with E-state index in [1.807, 2.05) is 30.3 Å². The minimum absolute atomic E-state index is 0.128. The molecule has 0 radical (unpaired) electrons. The summed E-state index contributed by atoms with van der Waals surface area (Å²) in [5.74, 6) is -0.0426. The molecular formula is C19H18FNO3. The lowest BCUT2D eigenvalue weighted by Gasteiger charge is -2.19. The normalized spacial score (nSPS) is 13.4. The third-order valence-electron chi connectivity index (χ3n) is 3.67. The Balaban J connectivity index is 1.59. The highest BCUT2D eigenvalue weighted by molar-refractivity contribution is 5.92. The van der Waals surface area contributed by atoms with E-state index in [2.05, 4.69) is 5.32 Å². The lowest BCUT2D eigenvalue weighted by atomic mass is 10.1. The van der Waals surface area contributed by atoms with E-state index in [0.29, 0.717) is 30.0 Å². The van der Waals surface area contributed by atoms with Gasteiger partial charge in [-0.3, -0.25) is 4.79 Å². The van der Waals surface area contributed by atoms with Crippen molar-refractivity contribution in [2.24, 2.45) is 0 Å². The highest BCUT2D eigenvalue weighted by atomic mass is 19.1. The molecule has 1 heterocycles. The molecule has 0 aliphatic carbocycles. The van der Waals surface area contributed by atoms with E-state index in [0.717, 1.165) is 12.0 Å². The van der Waals surface area contributed by atoms with Crippen molar-refractivity contribution >= 4 is 12.0 Å². The number of rotatable bonds is 5. The zero-order chi connectivity index (χ0) is 16.8. The molecule has 0 fully saturated rings. The van der Waals surface area contributed by atoms with E-state index >= 15 is 0 Å². The molecule has 24 heavy (non-hydrogen) atoms. The summed E-state index contributed by atoms with van der Waals surface area (Å²) in [5.41, 5.74) is 2.34. The Labute approximate surface area is 139 Å². The van der Waals surface area contributed by atoms with E-state index in [4.69, 9.17) is 9.47 Å². The fraction of sp³-hybridized carbons (Fsp3) is 0.211. The Morgan fingerprint density at radius 3 is 2.92 bits per heavy atom. The van der Waals surface area contributed by atoms with E-state index < -0.39 is 0 Å². The third-order valence-corrected chi connectivity index (χ3v) is 3.67. The first-order valence-corrected chi connectivity index (χ1v) is 7.75. The van der Waals surface area contributed by atoms with Gasteiger partial charge in [0.1, 0.15) is 11.6 Å². The minimum atomic E-state index is -0.382. The number of benzene rings is 2. The van der Waals surface area contributed by atoms with Crippen LogP contribution in [0.1, 0.15) is 16.7 Å². The summed E-state index contributed by atoms with van der Waals surface area (Å²) < 4.78 is 24.2. The maximum Gasteiger partial charge on any atom is 0.244 e. The summed E-state index contributed by atoms with van der Waals surface area (Å²) in [5, 5.41) is 2.81. The smallest absolute Gasteiger partial charge is 0.244 e. The summed E-state index contributed by atoms with van der Waals surface area (Å²) >= 11 is 0. The Hall–Kier alpha value is -2.66. The number of ether oxygens (including phenoxy) is 2. The van der Waals surface area contributed by atoms with E-state index in [-0.39, 0.29) is 18.5 Å². The van der Waals surface area contributed by atoms with Crippen LogP contribution in [0.25, 0.3) is 6.08 Å². The number of hydrogen-bond acceptors (Lipinski definition) is 3. The maximum absolute atomic E-state index is 13.6. The molecule has 1 aliphatic heterocycles. The van der Waals surface area contributed by atoms with Gasteiger partial charge < -0.3 is 14.8 Å². The average molecular weight is 327 g/mol. The van der Waals surface area contributed by atoms with Crippen LogP contribution in [-0.2, 0) is 22.6 Å². The summed E-state index contributed by atoms with van der Waals surface area (Å²) in [7, 11) is 0. The molecule has 0 saturated carbocycles. The minimum Gasteiger partial charge on any atom is -0.467 e. The summed E-state index contributed by atoms with van der Waals surface area (Å²) in [6, 6.07) is 12.6. The van der Waals surface area contributed by atoms with Crippen LogP contribution in [0.3, 0.4) is 0 Å². The molecule has 0 aromatic heterocycles. The lowest BCUT2D eigenvalue weighted by Crippen LogP contribution is -2.23. The van der Waals surface area contributed by atoms with Crippen molar-refractivity contribution in [1.82, 2.24) is 5.32 Å². The van der Waals surface area contributed by atoms with E-state index in [1.165, 1.54) is 18.2 Å². The number of carbonyl (C=O) groups is 1. The van der Waals surface area contributed by atoms with E-state index in [1.54, 1.807) is 6.08 Å². The van der Waals surface area contributed by atoms with Crippen molar-refractivity contribution in [3.05, 3.63) is 71.0 Å². The van der Waals surface area contributed by atoms with Crippen LogP contribution in [0.5, 0.6) is 5.75 Å². The molecule has 2 aromatic rings. The fourth-order valence-electron chi connectivity index (χ4n) is 2.53. The third kappa shape index (κ3) is 4.20. The molecule has 2 aromatic carbocycles. The Kier molecular flexibility index (Phi) is 5.23. The molecule has 0 atom stereocenters. The van der Waals surface area contributed by atoms with Gasteiger partial charge in [-0.2, -0.15) is 0 Å². The van der Waals surface area contributed by atoms with Gasteiger partial charge in [0.2, 0.25) is 5.91 Å². The van der Waals surface area contributed by atoms with Gasteiger partial charge in [0.25, 0.3) is 0 Å². The largest absolute Gasteiger partial charge is 0.467 e. The summed E-state index contributed by atoms with van der Waals surface area (Å²) in [4.78, 5) is 11.9. The molecule has 0 bridgehead atoms. The fourth-order valence-corrected chi connectivity index (χ4v) is 2.53. The van der Waals surface area contributed by atoms with Gasteiger partial charge in [0.15, 0.2) is 6.79 Å². The Morgan fingerprint density at radius 2 is 2.08 bits per heavy atom. The molecule has 0 unspecified atom stereocenters. The van der Waals surface area contributed by atoms with E-state index in [9.17, 15) is 9.18 Å². The second-order valence-corrected chi connectivity index (χ2v) is 5.45. The van der Waals surface area contributed by atoms with Crippen LogP contribution in [0.15, 0.2) is 48.5 Å². The van der Waals surface area contributed by atoms with Crippen molar-refractivity contribution in [2.75, 3.05) is 13.3 Å². The maximum atomic E-state index is 13.6. The first kappa shape index (κ1) is 16.2. The molecule has 124 valence electrons. The second kappa shape index (κ2) is 7.75. The molecule has 1 aliphatic rings. The molecule has 1 N–H and O–H groups in total. The molecule has 0 saturated heterocycles. The highest BCUT2D eigenvalue weighted by Gasteiger charge is 2.15. The van der Waals surface area contributed by atoms with Gasteiger partial charge in [-0.15, -0.1) is 0 Å². The van der Waals surface area contributed by atoms with Gasteiger partial charge >= 0.3 is 0 Å². The average Bonchev–Trinajstić information content (AvgIpc) is 2.60. The molecular weight excluding hydrogens is 309 g/mol. The number of amides is 1. The quantitative estimate of drug-likeness (QED) is 0.859. The zero-order valence-corrected chi connectivity index (χ0v) is 13.1. The predicted molar refractivity (Wildman–Crippen MR) is 88.9 cm³/mol. The summed E-state index contributed by atoms with van der Waals surface area (Å²) in [6.07, 6.45) is 3.71. The van der Waals surface area contributed by atoms with Crippen molar-refractivity contribution < 1.29 is 18.7 Å². The number of halogens is 1.